The van der Waals surface area contributed by atoms with Gasteiger partial charge >= 0.3 is 0 Å². The van der Waals surface area contributed by atoms with E-state index in [2.05, 4.69) is 9.97 Å². The molecule has 0 N–H and O–H groups in total. The lowest BCUT2D eigenvalue weighted by Crippen LogP contribution is -1.92. The average Bonchev–Trinajstić information content (AvgIpc) is 2.83. The molecule has 0 fully saturated rings. The van der Waals surface area contributed by atoms with E-state index in [4.69, 9.17) is 4.74 Å². The smallest absolute Gasteiger partial charge is 0.155 e. The minimum Gasteiger partial charge on any atom is -0.494 e. The van der Waals surface area contributed by atoms with Crippen LogP contribution in [0.3, 0.4) is 0 Å². The van der Waals surface area contributed by atoms with Gasteiger partial charge in [-0.2, -0.15) is 0 Å². The van der Waals surface area contributed by atoms with Gasteiger partial charge in [0.25, 0.3) is 0 Å². The molecule has 3 rings (SSSR count). The van der Waals surface area contributed by atoms with Crippen molar-refractivity contribution in [2.45, 2.75) is 6.92 Å². The number of aromatic nitrogens is 3. The van der Waals surface area contributed by atoms with Crippen molar-refractivity contribution < 1.29 is 4.74 Å². The highest BCUT2D eigenvalue weighted by molar-refractivity contribution is 5.64. The molecule has 0 bridgehead atoms. The molecule has 0 radical (unpaired) electrons. The second-order valence-electron chi connectivity index (χ2n) is 3.91. The van der Waals surface area contributed by atoms with E-state index in [0.717, 1.165) is 22.7 Å². The summed E-state index contributed by atoms with van der Waals surface area (Å²) in [5, 5.41) is 0. The summed E-state index contributed by atoms with van der Waals surface area (Å²) in [6.07, 6.45) is 7.26. The monoisotopic (exact) mass is 239 g/mol. The van der Waals surface area contributed by atoms with Crippen LogP contribution in [0, 0.1) is 0 Å². The Morgan fingerprint density at radius 3 is 3.11 bits per heavy atom. The number of nitrogens with zero attached hydrogens (tertiary/aromatic N) is 3. The predicted molar refractivity (Wildman–Crippen MR) is 69.6 cm³/mol. The van der Waals surface area contributed by atoms with E-state index >= 15 is 0 Å². The van der Waals surface area contributed by atoms with Crippen molar-refractivity contribution in [3.63, 3.8) is 0 Å². The van der Waals surface area contributed by atoms with Crippen LogP contribution in [0.4, 0.5) is 0 Å². The molecule has 18 heavy (non-hydrogen) atoms. The Kier molecular flexibility index (Phi) is 2.68. The Morgan fingerprint density at radius 1 is 1.28 bits per heavy atom. The van der Waals surface area contributed by atoms with E-state index in [0.29, 0.717) is 6.61 Å². The summed E-state index contributed by atoms with van der Waals surface area (Å²) >= 11 is 0. The topological polar surface area (TPSA) is 39.4 Å². The number of imidazole rings is 1. The zero-order valence-corrected chi connectivity index (χ0v) is 10.1. The highest BCUT2D eigenvalue weighted by Gasteiger charge is 2.06. The number of hydrogen-bond acceptors (Lipinski definition) is 3. The third-order valence-corrected chi connectivity index (χ3v) is 2.76. The maximum Gasteiger partial charge on any atom is 0.155 e. The lowest BCUT2D eigenvalue weighted by Gasteiger charge is -2.05. The van der Waals surface area contributed by atoms with Crippen molar-refractivity contribution in [3.8, 4) is 17.0 Å². The minimum absolute atomic E-state index is 0.667. The molecule has 2 aromatic heterocycles. The summed E-state index contributed by atoms with van der Waals surface area (Å²) in [5.74, 6) is 0.874. The van der Waals surface area contributed by atoms with Crippen LogP contribution < -0.4 is 4.74 Å². The van der Waals surface area contributed by atoms with Gasteiger partial charge < -0.3 is 4.74 Å². The Morgan fingerprint density at radius 2 is 2.22 bits per heavy atom. The van der Waals surface area contributed by atoms with E-state index in [9.17, 15) is 0 Å². The first-order chi connectivity index (χ1) is 8.88. The molecular formula is C14H13N3O. The van der Waals surface area contributed by atoms with Crippen LogP contribution >= 0.6 is 0 Å². The number of fused-ring (bicyclic) bond motifs is 1. The SMILES string of the molecule is CCOc1cccc(-c2cnc3cnccn23)c1. The van der Waals surface area contributed by atoms with Crippen LogP contribution in [0.2, 0.25) is 0 Å². The molecule has 4 nitrogen and oxygen atoms in total. The molecule has 0 unspecified atom stereocenters. The Balaban J connectivity index is 2.11. The molecule has 0 amide bonds. The molecule has 3 aromatic rings. The van der Waals surface area contributed by atoms with Crippen molar-refractivity contribution in [2.75, 3.05) is 6.61 Å². The van der Waals surface area contributed by atoms with E-state index in [1.165, 1.54) is 0 Å². The van der Waals surface area contributed by atoms with Crippen LogP contribution in [0.15, 0.2) is 49.1 Å². The van der Waals surface area contributed by atoms with Gasteiger partial charge in [0.1, 0.15) is 5.75 Å². The zero-order valence-electron chi connectivity index (χ0n) is 10.1. The molecule has 90 valence electrons. The van der Waals surface area contributed by atoms with Gasteiger partial charge in [-0.25, -0.2) is 4.98 Å². The second kappa shape index (κ2) is 4.49. The second-order valence-corrected chi connectivity index (χ2v) is 3.91. The predicted octanol–water partition coefficient (Wildman–Crippen LogP) is 2.80. The van der Waals surface area contributed by atoms with Crippen molar-refractivity contribution in [2.24, 2.45) is 0 Å². The summed E-state index contributed by atoms with van der Waals surface area (Å²) in [6, 6.07) is 8.01. The third-order valence-electron chi connectivity index (χ3n) is 2.76. The summed E-state index contributed by atoms with van der Waals surface area (Å²) in [6.45, 7) is 2.65. The highest BCUT2D eigenvalue weighted by Crippen LogP contribution is 2.24. The molecule has 1 aromatic carbocycles. The van der Waals surface area contributed by atoms with Gasteiger partial charge in [-0.1, -0.05) is 12.1 Å². The third kappa shape index (κ3) is 1.82. The van der Waals surface area contributed by atoms with Crippen LogP contribution in [-0.4, -0.2) is 21.0 Å². The first-order valence-electron chi connectivity index (χ1n) is 5.89. The minimum atomic E-state index is 0.667. The van der Waals surface area contributed by atoms with Crippen LogP contribution in [0.1, 0.15) is 6.92 Å². The van der Waals surface area contributed by atoms with Crippen molar-refractivity contribution in [1.29, 1.82) is 0 Å². The maximum absolute atomic E-state index is 5.51. The maximum atomic E-state index is 5.51. The Labute approximate surface area is 105 Å². The molecule has 4 heteroatoms. The van der Waals surface area contributed by atoms with E-state index in [1.54, 1.807) is 12.4 Å². The van der Waals surface area contributed by atoms with Crippen LogP contribution in [0.25, 0.3) is 16.9 Å². The average molecular weight is 239 g/mol. The lowest BCUT2D eigenvalue weighted by molar-refractivity contribution is 0.340. The summed E-state index contributed by atoms with van der Waals surface area (Å²) in [5.41, 5.74) is 2.96. The first kappa shape index (κ1) is 10.8. The lowest BCUT2D eigenvalue weighted by atomic mass is 10.1. The first-order valence-corrected chi connectivity index (χ1v) is 5.89. The van der Waals surface area contributed by atoms with Gasteiger partial charge in [-0.3, -0.25) is 9.38 Å². The highest BCUT2D eigenvalue weighted by atomic mass is 16.5. The van der Waals surface area contributed by atoms with Gasteiger partial charge in [0.2, 0.25) is 0 Å². The fourth-order valence-electron chi connectivity index (χ4n) is 1.97. The van der Waals surface area contributed by atoms with E-state index < -0.39 is 0 Å². The quantitative estimate of drug-likeness (QED) is 0.705. The summed E-state index contributed by atoms with van der Waals surface area (Å²) < 4.78 is 7.53. The fourth-order valence-corrected chi connectivity index (χ4v) is 1.97. The molecule has 0 aliphatic carbocycles. The standard InChI is InChI=1S/C14H13N3O/c1-2-18-12-5-3-4-11(8-12)13-9-16-14-10-15-6-7-17(13)14/h3-10H,2H2,1H3. The Bertz CT molecular complexity index is 675. The number of hydrogen-bond donors (Lipinski definition) is 0. The molecular weight excluding hydrogens is 226 g/mol. The number of benzene rings is 1. The van der Waals surface area contributed by atoms with Crippen molar-refractivity contribution >= 4 is 5.65 Å². The van der Waals surface area contributed by atoms with E-state index in [-0.39, 0.29) is 0 Å². The molecule has 2 heterocycles. The van der Waals surface area contributed by atoms with Crippen molar-refractivity contribution in [3.05, 3.63) is 49.1 Å². The van der Waals surface area contributed by atoms with E-state index in [1.807, 2.05) is 48.0 Å². The molecule has 0 aliphatic heterocycles. The zero-order chi connectivity index (χ0) is 12.4. The van der Waals surface area contributed by atoms with Gasteiger partial charge in [0, 0.05) is 18.0 Å². The summed E-state index contributed by atoms with van der Waals surface area (Å²) in [7, 11) is 0. The number of ether oxygens (including phenoxy) is 1. The Hall–Kier alpha value is -2.36. The summed E-state index contributed by atoms with van der Waals surface area (Å²) in [4.78, 5) is 8.39. The molecule has 0 saturated heterocycles. The van der Waals surface area contributed by atoms with Gasteiger partial charge in [0.05, 0.1) is 24.7 Å². The van der Waals surface area contributed by atoms with Crippen LogP contribution in [-0.2, 0) is 0 Å². The largest absolute Gasteiger partial charge is 0.494 e. The number of rotatable bonds is 3. The van der Waals surface area contributed by atoms with Crippen LogP contribution in [0.5, 0.6) is 5.75 Å². The molecule has 0 aliphatic rings. The normalized spacial score (nSPS) is 10.7. The molecule has 0 spiro atoms. The van der Waals surface area contributed by atoms with Gasteiger partial charge in [0.15, 0.2) is 5.65 Å². The van der Waals surface area contributed by atoms with Crippen molar-refractivity contribution in [1.82, 2.24) is 14.4 Å². The molecule has 0 saturated carbocycles. The molecule has 0 atom stereocenters. The fraction of sp³-hybridized carbons (Fsp3) is 0.143. The van der Waals surface area contributed by atoms with Gasteiger partial charge in [-0.15, -0.1) is 0 Å². The van der Waals surface area contributed by atoms with Gasteiger partial charge in [-0.05, 0) is 19.1 Å².